The second-order valence-electron chi connectivity index (χ2n) is 5.30. The molecule has 0 aromatic rings. The van der Waals surface area contributed by atoms with Gasteiger partial charge in [-0.2, -0.15) is 0 Å². The van der Waals surface area contributed by atoms with Crippen molar-refractivity contribution in [1.82, 2.24) is 0 Å². The zero-order chi connectivity index (χ0) is 14.3. The van der Waals surface area contributed by atoms with Crippen molar-refractivity contribution in [2.45, 2.75) is 90.6 Å². The van der Waals surface area contributed by atoms with Gasteiger partial charge in [-0.1, -0.05) is 81.4 Å². The number of halogens is 1. The average Bonchev–Trinajstić information content (AvgIpc) is 2.42. The molecule has 114 valence electrons. The molecule has 1 unspecified atom stereocenters. The summed E-state index contributed by atoms with van der Waals surface area (Å²) >= 11 is 2.08. The van der Waals surface area contributed by atoms with E-state index in [1.807, 2.05) is 0 Å². The van der Waals surface area contributed by atoms with Crippen LogP contribution in [-0.4, -0.2) is 16.5 Å². The molecule has 0 saturated heterocycles. The number of hydrogen-bond donors (Lipinski definition) is 0. The summed E-state index contributed by atoms with van der Waals surface area (Å²) in [6.07, 6.45) is 13.7. The van der Waals surface area contributed by atoms with Crippen LogP contribution in [0.4, 0.5) is 0 Å². The zero-order valence-corrected chi connectivity index (χ0v) is 14.9. The second kappa shape index (κ2) is 14.6. The van der Waals surface area contributed by atoms with Crippen molar-refractivity contribution in [3.63, 3.8) is 0 Å². The summed E-state index contributed by atoms with van der Waals surface area (Å²) in [4.78, 5) is 11.4. The number of ether oxygens (including phenoxy) is 1. The Bertz CT molecular complexity index is 207. The highest BCUT2D eigenvalue weighted by molar-refractivity contribution is 14.1. The third-order valence-electron chi connectivity index (χ3n) is 3.42. The maximum absolute atomic E-state index is 11.4. The molecule has 3 heteroatoms. The monoisotopic (exact) mass is 382 g/mol. The summed E-state index contributed by atoms with van der Waals surface area (Å²) in [5, 5.41) is 0. The van der Waals surface area contributed by atoms with Crippen LogP contribution in [0.15, 0.2) is 0 Å². The van der Waals surface area contributed by atoms with Crippen molar-refractivity contribution in [3.8, 4) is 0 Å². The van der Waals surface area contributed by atoms with Crippen LogP contribution < -0.4 is 0 Å². The molecule has 0 amide bonds. The molecule has 0 bridgehead atoms. The quantitative estimate of drug-likeness (QED) is 0.178. The van der Waals surface area contributed by atoms with Gasteiger partial charge in [-0.05, 0) is 25.7 Å². The molecular formula is C16H31IO2. The molecule has 0 rings (SSSR count). The normalized spacial score (nSPS) is 12.4. The van der Waals surface area contributed by atoms with Crippen molar-refractivity contribution in [2.75, 3.05) is 4.43 Å². The van der Waals surface area contributed by atoms with Crippen molar-refractivity contribution >= 4 is 28.6 Å². The fraction of sp³-hybridized carbons (Fsp3) is 0.938. The van der Waals surface area contributed by atoms with E-state index in [2.05, 4.69) is 36.4 Å². The molecule has 0 N–H and O–H groups in total. The lowest BCUT2D eigenvalue weighted by Gasteiger charge is -2.17. The Kier molecular flexibility index (Phi) is 14.8. The number of alkyl halides is 1. The molecule has 0 fully saturated rings. The molecule has 19 heavy (non-hydrogen) atoms. The van der Waals surface area contributed by atoms with Gasteiger partial charge >= 0.3 is 5.97 Å². The van der Waals surface area contributed by atoms with Crippen LogP contribution in [0.2, 0.25) is 0 Å². The van der Waals surface area contributed by atoms with E-state index in [9.17, 15) is 4.79 Å². The zero-order valence-electron chi connectivity index (χ0n) is 12.8. The van der Waals surface area contributed by atoms with Gasteiger partial charge < -0.3 is 4.74 Å². The molecular weight excluding hydrogens is 351 g/mol. The number of esters is 1. The van der Waals surface area contributed by atoms with E-state index in [1.165, 1.54) is 57.8 Å². The van der Waals surface area contributed by atoms with Crippen LogP contribution >= 0.6 is 22.6 Å². The smallest absolute Gasteiger partial charge is 0.316 e. The third kappa shape index (κ3) is 13.0. The van der Waals surface area contributed by atoms with Crippen LogP contribution in [0.25, 0.3) is 0 Å². The van der Waals surface area contributed by atoms with Gasteiger partial charge in [-0.3, -0.25) is 4.79 Å². The minimum Gasteiger partial charge on any atom is -0.462 e. The van der Waals surface area contributed by atoms with E-state index in [-0.39, 0.29) is 12.1 Å². The van der Waals surface area contributed by atoms with Gasteiger partial charge in [0.05, 0.1) is 4.43 Å². The fourth-order valence-electron chi connectivity index (χ4n) is 2.25. The number of carbonyl (C=O) groups is 1. The number of hydrogen-bond acceptors (Lipinski definition) is 2. The number of carbonyl (C=O) groups excluding carboxylic acids is 1. The van der Waals surface area contributed by atoms with Gasteiger partial charge in [0.25, 0.3) is 0 Å². The summed E-state index contributed by atoms with van der Waals surface area (Å²) in [5.74, 6) is -0.0481. The van der Waals surface area contributed by atoms with Gasteiger partial charge in [0, 0.05) is 0 Å². The van der Waals surface area contributed by atoms with E-state index in [0.29, 0.717) is 4.43 Å². The Morgan fingerprint density at radius 3 is 1.95 bits per heavy atom. The Hall–Kier alpha value is 0.200. The first-order valence-corrected chi connectivity index (χ1v) is 9.52. The predicted octanol–water partition coefficient (Wildman–Crippen LogP) is 5.66. The van der Waals surface area contributed by atoms with Crippen LogP contribution in [0, 0.1) is 0 Å². The topological polar surface area (TPSA) is 26.3 Å². The first-order valence-electron chi connectivity index (χ1n) is 8.00. The number of rotatable bonds is 13. The van der Waals surface area contributed by atoms with Crippen molar-refractivity contribution < 1.29 is 9.53 Å². The van der Waals surface area contributed by atoms with Crippen LogP contribution in [-0.2, 0) is 9.53 Å². The molecule has 0 heterocycles. The van der Waals surface area contributed by atoms with Gasteiger partial charge in [0.2, 0.25) is 0 Å². The SMILES string of the molecule is CCCCCCCCC(CCCCC)OC(=O)CI. The fourth-order valence-corrected chi connectivity index (χ4v) is 2.43. The lowest BCUT2D eigenvalue weighted by atomic mass is 10.0. The molecule has 0 aromatic carbocycles. The molecule has 0 aliphatic heterocycles. The molecule has 1 atom stereocenters. The first kappa shape index (κ1) is 19.2. The van der Waals surface area contributed by atoms with E-state index < -0.39 is 0 Å². The van der Waals surface area contributed by atoms with E-state index in [4.69, 9.17) is 4.74 Å². The molecule has 0 spiro atoms. The van der Waals surface area contributed by atoms with Gasteiger partial charge in [-0.25, -0.2) is 0 Å². The van der Waals surface area contributed by atoms with Gasteiger partial charge in [-0.15, -0.1) is 0 Å². The maximum atomic E-state index is 11.4. The maximum Gasteiger partial charge on any atom is 0.316 e. The van der Waals surface area contributed by atoms with Crippen molar-refractivity contribution in [3.05, 3.63) is 0 Å². The molecule has 0 saturated carbocycles. The first-order chi connectivity index (χ1) is 9.24. The predicted molar refractivity (Wildman–Crippen MR) is 90.9 cm³/mol. The van der Waals surface area contributed by atoms with Gasteiger partial charge in [0.1, 0.15) is 6.10 Å². The minimum atomic E-state index is -0.0481. The van der Waals surface area contributed by atoms with Crippen LogP contribution in [0.5, 0.6) is 0 Å². The van der Waals surface area contributed by atoms with Gasteiger partial charge in [0.15, 0.2) is 0 Å². The Balaban J connectivity index is 3.74. The molecule has 0 radical (unpaired) electrons. The Labute approximate surface area is 133 Å². The molecule has 2 nitrogen and oxygen atoms in total. The van der Waals surface area contributed by atoms with E-state index >= 15 is 0 Å². The summed E-state index contributed by atoms with van der Waals surface area (Å²) < 4.78 is 6.00. The lowest BCUT2D eigenvalue weighted by molar-refractivity contribution is -0.146. The summed E-state index contributed by atoms with van der Waals surface area (Å²) in [6.45, 7) is 4.45. The Morgan fingerprint density at radius 2 is 1.37 bits per heavy atom. The van der Waals surface area contributed by atoms with Crippen molar-refractivity contribution in [2.24, 2.45) is 0 Å². The number of unbranched alkanes of at least 4 members (excludes halogenated alkanes) is 7. The average molecular weight is 382 g/mol. The van der Waals surface area contributed by atoms with Crippen molar-refractivity contribution in [1.29, 1.82) is 0 Å². The van der Waals surface area contributed by atoms with E-state index in [0.717, 1.165) is 12.8 Å². The summed E-state index contributed by atoms with van der Waals surface area (Å²) in [7, 11) is 0. The molecule has 0 aromatic heterocycles. The molecule has 0 aliphatic carbocycles. The largest absolute Gasteiger partial charge is 0.462 e. The van der Waals surface area contributed by atoms with Crippen LogP contribution in [0.1, 0.15) is 84.5 Å². The highest BCUT2D eigenvalue weighted by atomic mass is 127. The second-order valence-corrected chi connectivity index (χ2v) is 6.06. The molecule has 0 aliphatic rings. The minimum absolute atomic E-state index is 0.0481. The summed E-state index contributed by atoms with van der Waals surface area (Å²) in [5.41, 5.74) is 0. The standard InChI is InChI=1S/C16H31IO2/c1-3-5-7-8-9-11-13-15(12-10-6-4-2)19-16(18)14-17/h15H,3-14H2,1-2H3. The highest BCUT2D eigenvalue weighted by Gasteiger charge is 2.12. The Morgan fingerprint density at radius 1 is 0.895 bits per heavy atom. The summed E-state index contributed by atoms with van der Waals surface area (Å²) in [6, 6.07) is 0. The lowest BCUT2D eigenvalue weighted by Crippen LogP contribution is -2.19. The van der Waals surface area contributed by atoms with E-state index in [1.54, 1.807) is 0 Å². The van der Waals surface area contributed by atoms with Crippen LogP contribution in [0.3, 0.4) is 0 Å². The third-order valence-corrected chi connectivity index (χ3v) is 4.04. The highest BCUT2D eigenvalue weighted by Crippen LogP contribution is 2.16.